The minimum absolute atomic E-state index is 0.199. The van der Waals surface area contributed by atoms with Gasteiger partial charge in [0.15, 0.2) is 17.5 Å². The van der Waals surface area contributed by atoms with Gasteiger partial charge in [0, 0.05) is 44.1 Å². The van der Waals surface area contributed by atoms with Crippen molar-refractivity contribution >= 4 is 35.3 Å². The molecule has 0 spiro atoms. The highest BCUT2D eigenvalue weighted by Gasteiger charge is 2.77. The monoisotopic (exact) mass is 510 g/mol. The Bertz CT molecular complexity index is 1040. The fraction of sp³-hybridized carbons (Fsp3) is 0.680. The van der Waals surface area contributed by atoms with Gasteiger partial charge in [-0.1, -0.05) is 25.7 Å². The van der Waals surface area contributed by atoms with Gasteiger partial charge < -0.3 is 24.1 Å². The average Bonchev–Trinajstić information content (AvgIpc) is 3.30. The molecule has 4 rings (SSSR count). The minimum Gasteiger partial charge on any atom is -0.459 e. The van der Waals surface area contributed by atoms with Crippen LogP contribution >= 0.6 is 11.6 Å². The lowest BCUT2D eigenvalue weighted by Crippen LogP contribution is -2.65. The standard InChI is InChI=1S/C25H31ClO9/c1-10-16(26)20-25(31,11(2)22(30)35-20)21(34-13(4)28)18-23(5)14(17(10)33-12(3)27)8-9-15(23)19(29)24(18,6)32-7/h8-9,11,14-18,20-21,31H,1H2,2-7H3/t11-,14+,15-,16-,17+,18+,20-,21-,23-,24-,25-/m0/s1. The molecule has 0 aromatic heterocycles. The Morgan fingerprint density at radius 1 is 1.14 bits per heavy atom. The van der Waals surface area contributed by atoms with E-state index < -0.39 is 81.9 Å². The minimum atomic E-state index is -2.14. The van der Waals surface area contributed by atoms with Gasteiger partial charge in [0.25, 0.3) is 0 Å². The molecule has 0 radical (unpaired) electrons. The Labute approximate surface area is 208 Å². The summed E-state index contributed by atoms with van der Waals surface area (Å²) in [5, 5.41) is 11.1. The van der Waals surface area contributed by atoms with E-state index in [0.29, 0.717) is 0 Å². The van der Waals surface area contributed by atoms with Gasteiger partial charge in [0.2, 0.25) is 0 Å². The van der Waals surface area contributed by atoms with Crippen LogP contribution in [0.2, 0.25) is 0 Å². The number of hydrogen-bond donors (Lipinski definition) is 1. The van der Waals surface area contributed by atoms with Crippen molar-refractivity contribution in [2.24, 2.45) is 29.1 Å². The van der Waals surface area contributed by atoms with E-state index in [9.17, 15) is 24.3 Å². The SMILES string of the molecule is C=C1[C@@H](OC(C)=O)[C@H]2C=C[C@H]3C(=O)[C@@](C)(OC)[C@H]([C@H](OC(C)=O)[C@]4(O)[C@@H](C)C(=O)O[C@H]4[C@H]1Cl)[C@@]23C. The number of esters is 3. The lowest BCUT2D eigenvalue weighted by molar-refractivity contribution is -0.215. The zero-order chi connectivity index (χ0) is 26.2. The number of rotatable bonds is 3. The first-order valence-corrected chi connectivity index (χ1v) is 12.0. The average molecular weight is 511 g/mol. The van der Waals surface area contributed by atoms with E-state index in [1.807, 2.05) is 6.92 Å². The molecule has 0 aromatic carbocycles. The van der Waals surface area contributed by atoms with E-state index in [1.165, 1.54) is 27.9 Å². The summed E-state index contributed by atoms with van der Waals surface area (Å²) in [4.78, 5) is 51.1. The maximum Gasteiger partial charge on any atom is 0.312 e. The quantitative estimate of drug-likeness (QED) is 0.261. The normalized spacial score (nSPS) is 48.4. The first kappa shape index (κ1) is 25.9. The third-order valence-electron chi connectivity index (χ3n) is 8.76. The summed E-state index contributed by atoms with van der Waals surface area (Å²) >= 11 is 6.80. The van der Waals surface area contributed by atoms with Crippen molar-refractivity contribution in [3.05, 3.63) is 24.3 Å². The zero-order valence-corrected chi connectivity index (χ0v) is 21.3. The van der Waals surface area contributed by atoms with Crippen LogP contribution in [0.15, 0.2) is 24.3 Å². The third-order valence-corrected chi connectivity index (χ3v) is 9.27. The number of ketones is 1. The van der Waals surface area contributed by atoms with Gasteiger partial charge in [-0.05, 0) is 19.4 Å². The molecule has 1 aliphatic heterocycles. The fourth-order valence-electron chi connectivity index (χ4n) is 6.93. The molecule has 11 atom stereocenters. The molecular formula is C25H31ClO9. The summed E-state index contributed by atoms with van der Waals surface area (Å²) < 4.78 is 22.8. The van der Waals surface area contributed by atoms with E-state index in [1.54, 1.807) is 19.1 Å². The van der Waals surface area contributed by atoms with Gasteiger partial charge in [-0.2, -0.15) is 0 Å². The highest BCUT2D eigenvalue weighted by Crippen LogP contribution is 2.65. The molecule has 3 fully saturated rings. The topological polar surface area (TPSA) is 125 Å². The van der Waals surface area contributed by atoms with Crippen molar-refractivity contribution in [3.8, 4) is 0 Å². The van der Waals surface area contributed by atoms with Crippen molar-refractivity contribution in [2.45, 2.75) is 69.5 Å². The summed E-state index contributed by atoms with van der Waals surface area (Å²) in [5.41, 5.74) is -4.54. The van der Waals surface area contributed by atoms with Crippen LogP contribution in [0.5, 0.6) is 0 Å². The number of Topliss-reactive ketones (excluding diaryl/α,β-unsaturated/α-hetero) is 1. The second-order valence-corrected chi connectivity index (χ2v) is 10.9. The van der Waals surface area contributed by atoms with Crippen LogP contribution in [-0.2, 0) is 38.1 Å². The summed E-state index contributed by atoms with van der Waals surface area (Å²) in [6.07, 6.45) is -0.333. The van der Waals surface area contributed by atoms with Crippen LogP contribution in [-0.4, -0.2) is 70.8 Å². The van der Waals surface area contributed by atoms with Crippen LogP contribution in [0.1, 0.15) is 34.6 Å². The third kappa shape index (κ3) is 3.20. The van der Waals surface area contributed by atoms with Crippen LogP contribution in [0.4, 0.5) is 0 Å². The number of alkyl halides is 1. The first-order chi connectivity index (χ1) is 16.2. The van der Waals surface area contributed by atoms with Gasteiger partial charge in [-0.15, -0.1) is 11.6 Å². The molecule has 2 saturated carbocycles. The number of allylic oxidation sites excluding steroid dienone is 1. The smallest absolute Gasteiger partial charge is 0.312 e. The Kier molecular flexibility index (Phi) is 6.02. The maximum absolute atomic E-state index is 13.8. The lowest BCUT2D eigenvalue weighted by Gasteiger charge is -2.49. The van der Waals surface area contributed by atoms with Gasteiger partial charge in [0.05, 0.1) is 11.3 Å². The van der Waals surface area contributed by atoms with Crippen molar-refractivity contribution in [1.29, 1.82) is 0 Å². The van der Waals surface area contributed by atoms with E-state index in [4.69, 9.17) is 30.5 Å². The summed E-state index contributed by atoms with van der Waals surface area (Å²) in [6, 6.07) is 0. The molecule has 4 aliphatic rings. The molecule has 0 unspecified atom stereocenters. The largest absolute Gasteiger partial charge is 0.459 e. The van der Waals surface area contributed by atoms with Crippen LogP contribution in [0, 0.1) is 29.1 Å². The second-order valence-electron chi connectivity index (χ2n) is 10.4. The zero-order valence-electron chi connectivity index (χ0n) is 20.6. The Hall–Kier alpha value is -2.23. The highest BCUT2D eigenvalue weighted by atomic mass is 35.5. The van der Waals surface area contributed by atoms with Gasteiger partial charge in [-0.3, -0.25) is 19.2 Å². The molecule has 1 heterocycles. The molecule has 10 heteroatoms. The summed E-state index contributed by atoms with van der Waals surface area (Å²) in [6.45, 7) is 11.3. The van der Waals surface area contributed by atoms with Crippen molar-refractivity contribution in [3.63, 3.8) is 0 Å². The predicted molar refractivity (Wildman–Crippen MR) is 122 cm³/mol. The van der Waals surface area contributed by atoms with Crippen molar-refractivity contribution < 1.29 is 43.2 Å². The molecule has 0 bridgehead atoms. The number of hydrogen-bond acceptors (Lipinski definition) is 9. The van der Waals surface area contributed by atoms with Crippen molar-refractivity contribution in [2.75, 3.05) is 7.11 Å². The number of aliphatic hydroxyl groups is 1. The van der Waals surface area contributed by atoms with E-state index in [2.05, 4.69) is 6.58 Å². The van der Waals surface area contributed by atoms with Gasteiger partial charge >= 0.3 is 17.9 Å². The number of carbonyl (C=O) groups is 4. The molecule has 35 heavy (non-hydrogen) atoms. The Morgan fingerprint density at radius 3 is 2.29 bits per heavy atom. The molecule has 192 valence electrons. The molecule has 1 saturated heterocycles. The number of ether oxygens (including phenoxy) is 4. The predicted octanol–water partition coefficient (Wildman–Crippen LogP) is 1.73. The molecule has 1 N–H and O–H groups in total. The van der Waals surface area contributed by atoms with Crippen LogP contribution in [0.25, 0.3) is 0 Å². The number of fused-ring (bicyclic) bond motifs is 1. The Morgan fingerprint density at radius 2 is 1.74 bits per heavy atom. The van der Waals surface area contributed by atoms with Crippen LogP contribution in [0.3, 0.4) is 0 Å². The van der Waals surface area contributed by atoms with Crippen molar-refractivity contribution in [1.82, 2.24) is 0 Å². The highest BCUT2D eigenvalue weighted by molar-refractivity contribution is 6.23. The first-order valence-electron chi connectivity index (χ1n) is 11.5. The van der Waals surface area contributed by atoms with E-state index >= 15 is 0 Å². The lowest BCUT2D eigenvalue weighted by atomic mass is 9.60. The number of halogens is 1. The number of carbonyl (C=O) groups excluding carboxylic acids is 4. The van der Waals surface area contributed by atoms with Gasteiger partial charge in [0.1, 0.15) is 17.8 Å². The molecule has 3 aliphatic carbocycles. The summed E-state index contributed by atoms with van der Waals surface area (Å²) in [5.74, 6) is -5.83. The van der Waals surface area contributed by atoms with Crippen LogP contribution < -0.4 is 0 Å². The van der Waals surface area contributed by atoms with E-state index in [0.717, 1.165) is 0 Å². The fourth-order valence-corrected chi connectivity index (χ4v) is 7.30. The molecule has 0 aromatic rings. The molecule has 9 nitrogen and oxygen atoms in total. The number of methoxy groups -OCH3 is 1. The molecule has 0 amide bonds. The maximum atomic E-state index is 13.8. The van der Waals surface area contributed by atoms with E-state index in [-0.39, 0.29) is 11.4 Å². The molecular weight excluding hydrogens is 480 g/mol. The Balaban J connectivity index is 2.07. The van der Waals surface area contributed by atoms with Gasteiger partial charge in [-0.25, -0.2) is 0 Å². The second kappa shape index (κ2) is 8.15. The summed E-state index contributed by atoms with van der Waals surface area (Å²) in [7, 11) is 1.37.